The molecule has 4 nitrogen and oxygen atoms in total. The molecule has 0 aromatic carbocycles. The minimum Gasteiger partial charge on any atom is -0.368 e. The van der Waals surface area contributed by atoms with Gasteiger partial charge < -0.3 is 15.4 Å². The molecule has 2 saturated heterocycles. The van der Waals surface area contributed by atoms with E-state index in [1.807, 2.05) is 0 Å². The van der Waals surface area contributed by atoms with E-state index < -0.39 is 0 Å². The van der Waals surface area contributed by atoms with E-state index >= 15 is 0 Å². The fraction of sp³-hybridized carbons (Fsp3) is 0.917. The van der Waals surface area contributed by atoms with Crippen LogP contribution >= 0.6 is 12.4 Å². The van der Waals surface area contributed by atoms with Crippen LogP contribution < -0.4 is 10.6 Å². The summed E-state index contributed by atoms with van der Waals surface area (Å²) in [6.45, 7) is 4.97. The molecule has 2 N–H and O–H groups in total. The van der Waals surface area contributed by atoms with Crippen molar-refractivity contribution in [1.29, 1.82) is 0 Å². The van der Waals surface area contributed by atoms with Crippen LogP contribution in [0, 0.1) is 5.92 Å². The summed E-state index contributed by atoms with van der Waals surface area (Å²) in [6, 6.07) is 0.254. The predicted octanol–water partition coefficient (Wildman–Crippen LogP) is 1.09. The monoisotopic (exact) mass is 262 g/mol. The lowest BCUT2D eigenvalue weighted by Gasteiger charge is -2.29. The molecule has 5 heteroatoms. The lowest BCUT2D eigenvalue weighted by atomic mass is 9.92. The van der Waals surface area contributed by atoms with Crippen molar-refractivity contribution in [3.63, 3.8) is 0 Å². The zero-order valence-corrected chi connectivity index (χ0v) is 11.2. The average molecular weight is 263 g/mol. The minimum absolute atomic E-state index is 0. The standard InChI is InChI=1S/C12H22N2O2.ClH/c1-9(10-4-2-6-13-8-10)14-12(15)11-5-3-7-16-11;/h9-11,13H,2-8H2,1H3,(H,14,15);1H. The second-order valence-corrected chi connectivity index (χ2v) is 4.91. The lowest BCUT2D eigenvalue weighted by Crippen LogP contribution is -2.47. The molecular weight excluding hydrogens is 240 g/mol. The highest BCUT2D eigenvalue weighted by atomic mass is 35.5. The van der Waals surface area contributed by atoms with Crippen molar-refractivity contribution in [1.82, 2.24) is 10.6 Å². The van der Waals surface area contributed by atoms with Crippen molar-refractivity contribution in [2.45, 2.75) is 44.8 Å². The molecular formula is C12H23ClN2O2. The zero-order valence-electron chi connectivity index (χ0n) is 10.4. The van der Waals surface area contributed by atoms with Gasteiger partial charge in [-0.05, 0) is 51.6 Å². The van der Waals surface area contributed by atoms with Gasteiger partial charge in [-0.15, -0.1) is 12.4 Å². The summed E-state index contributed by atoms with van der Waals surface area (Å²) in [4.78, 5) is 11.8. The van der Waals surface area contributed by atoms with Gasteiger partial charge in [0.25, 0.3) is 0 Å². The SMILES string of the molecule is CC(NC(=O)C1CCCO1)C1CCCNC1.Cl. The Bertz CT molecular complexity index is 239. The Labute approximate surface area is 109 Å². The maximum atomic E-state index is 11.8. The Morgan fingerprint density at radius 1 is 1.41 bits per heavy atom. The Balaban J connectivity index is 0.00000144. The maximum absolute atomic E-state index is 11.8. The summed E-state index contributed by atoms with van der Waals surface area (Å²) in [5.74, 6) is 0.648. The molecule has 0 radical (unpaired) electrons. The molecule has 2 aliphatic heterocycles. The van der Waals surface area contributed by atoms with E-state index in [4.69, 9.17) is 4.74 Å². The Morgan fingerprint density at radius 2 is 2.24 bits per heavy atom. The van der Waals surface area contributed by atoms with Gasteiger partial charge in [0.2, 0.25) is 5.91 Å². The molecule has 0 aromatic heterocycles. The summed E-state index contributed by atoms with van der Waals surface area (Å²) in [5.41, 5.74) is 0. The number of nitrogens with one attached hydrogen (secondary N) is 2. The van der Waals surface area contributed by atoms with Crippen LogP contribution in [0.25, 0.3) is 0 Å². The first-order valence-corrected chi connectivity index (χ1v) is 6.40. The molecule has 2 aliphatic rings. The second-order valence-electron chi connectivity index (χ2n) is 4.91. The van der Waals surface area contributed by atoms with Crippen LogP contribution in [-0.2, 0) is 9.53 Å². The first kappa shape index (κ1) is 14.7. The van der Waals surface area contributed by atoms with Crippen LogP contribution in [0.2, 0.25) is 0 Å². The molecule has 100 valence electrons. The smallest absolute Gasteiger partial charge is 0.249 e. The van der Waals surface area contributed by atoms with E-state index in [9.17, 15) is 4.79 Å². The molecule has 0 spiro atoms. The Hall–Kier alpha value is -0.320. The summed E-state index contributed by atoms with van der Waals surface area (Å²) in [5, 5.41) is 6.46. The van der Waals surface area contributed by atoms with Crippen LogP contribution in [0.1, 0.15) is 32.6 Å². The van der Waals surface area contributed by atoms with Gasteiger partial charge in [0.15, 0.2) is 0 Å². The fourth-order valence-electron chi connectivity index (χ4n) is 2.53. The molecule has 2 heterocycles. The second kappa shape index (κ2) is 7.19. The van der Waals surface area contributed by atoms with Crippen LogP contribution in [0.3, 0.4) is 0 Å². The number of carbonyl (C=O) groups excluding carboxylic acids is 1. The fourth-order valence-corrected chi connectivity index (χ4v) is 2.53. The predicted molar refractivity (Wildman–Crippen MR) is 69.4 cm³/mol. The minimum atomic E-state index is -0.195. The van der Waals surface area contributed by atoms with Gasteiger partial charge in [-0.25, -0.2) is 0 Å². The highest BCUT2D eigenvalue weighted by Crippen LogP contribution is 2.16. The van der Waals surface area contributed by atoms with E-state index in [1.165, 1.54) is 12.8 Å². The number of piperidine rings is 1. The molecule has 0 aliphatic carbocycles. The molecule has 3 atom stereocenters. The molecule has 0 aromatic rings. The van der Waals surface area contributed by atoms with Crippen LogP contribution in [-0.4, -0.2) is 37.7 Å². The number of hydrogen-bond donors (Lipinski definition) is 2. The molecule has 2 fully saturated rings. The first-order valence-electron chi connectivity index (χ1n) is 6.40. The largest absolute Gasteiger partial charge is 0.368 e. The first-order chi connectivity index (χ1) is 7.77. The number of rotatable bonds is 3. The van der Waals surface area contributed by atoms with Gasteiger partial charge in [0.1, 0.15) is 6.10 Å². The van der Waals surface area contributed by atoms with Crippen molar-refractivity contribution in [3.05, 3.63) is 0 Å². The third-order valence-corrected chi connectivity index (χ3v) is 3.63. The van der Waals surface area contributed by atoms with E-state index in [0.717, 1.165) is 32.5 Å². The molecule has 0 saturated carbocycles. The summed E-state index contributed by atoms with van der Waals surface area (Å²) < 4.78 is 5.38. The maximum Gasteiger partial charge on any atom is 0.249 e. The zero-order chi connectivity index (χ0) is 11.4. The van der Waals surface area contributed by atoms with Crippen molar-refractivity contribution >= 4 is 18.3 Å². The topological polar surface area (TPSA) is 50.4 Å². The highest BCUT2D eigenvalue weighted by Gasteiger charge is 2.27. The molecule has 17 heavy (non-hydrogen) atoms. The Kier molecular flexibility index (Phi) is 6.23. The van der Waals surface area contributed by atoms with Gasteiger partial charge in [-0.1, -0.05) is 0 Å². The summed E-state index contributed by atoms with van der Waals surface area (Å²) in [7, 11) is 0. The number of halogens is 1. The molecule has 2 rings (SSSR count). The normalized spacial score (nSPS) is 30.4. The quantitative estimate of drug-likeness (QED) is 0.801. The van der Waals surface area contributed by atoms with Crippen LogP contribution in [0.5, 0.6) is 0 Å². The third kappa shape index (κ3) is 4.12. The van der Waals surface area contributed by atoms with Crippen LogP contribution in [0.4, 0.5) is 0 Å². The van der Waals surface area contributed by atoms with E-state index in [1.54, 1.807) is 0 Å². The molecule has 0 bridgehead atoms. The highest BCUT2D eigenvalue weighted by molar-refractivity contribution is 5.85. The van der Waals surface area contributed by atoms with Crippen molar-refractivity contribution in [3.8, 4) is 0 Å². The van der Waals surface area contributed by atoms with Crippen LogP contribution in [0.15, 0.2) is 0 Å². The number of amides is 1. The van der Waals surface area contributed by atoms with Gasteiger partial charge in [0.05, 0.1) is 0 Å². The summed E-state index contributed by atoms with van der Waals surface area (Å²) >= 11 is 0. The molecule has 3 unspecified atom stereocenters. The third-order valence-electron chi connectivity index (χ3n) is 3.63. The number of hydrogen-bond acceptors (Lipinski definition) is 3. The van der Waals surface area contributed by atoms with Gasteiger partial charge >= 0.3 is 0 Å². The van der Waals surface area contributed by atoms with Gasteiger partial charge in [-0.3, -0.25) is 4.79 Å². The number of carbonyl (C=O) groups is 1. The lowest BCUT2D eigenvalue weighted by molar-refractivity contribution is -0.131. The van der Waals surface area contributed by atoms with Gasteiger partial charge in [-0.2, -0.15) is 0 Å². The summed E-state index contributed by atoms with van der Waals surface area (Å²) in [6.07, 6.45) is 4.11. The van der Waals surface area contributed by atoms with E-state index in [2.05, 4.69) is 17.6 Å². The van der Waals surface area contributed by atoms with Crippen molar-refractivity contribution in [2.24, 2.45) is 5.92 Å². The molecule has 1 amide bonds. The van der Waals surface area contributed by atoms with E-state index in [-0.39, 0.29) is 30.5 Å². The van der Waals surface area contributed by atoms with E-state index in [0.29, 0.717) is 5.92 Å². The number of ether oxygens (including phenoxy) is 1. The van der Waals surface area contributed by atoms with Crippen molar-refractivity contribution < 1.29 is 9.53 Å². The average Bonchev–Trinajstić information content (AvgIpc) is 2.83. The Morgan fingerprint density at radius 3 is 2.82 bits per heavy atom. The van der Waals surface area contributed by atoms with Gasteiger partial charge in [0, 0.05) is 12.6 Å². The van der Waals surface area contributed by atoms with Crippen molar-refractivity contribution in [2.75, 3.05) is 19.7 Å².